The number of rotatable bonds is 3. The minimum absolute atomic E-state index is 0.109. The van der Waals surface area contributed by atoms with Crippen LogP contribution in [0.25, 0.3) is 0 Å². The first-order chi connectivity index (χ1) is 9.40. The molecule has 2 aromatic rings. The van der Waals surface area contributed by atoms with Gasteiger partial charge in [-0.05, 0) is 41.1 Å². The van der Waals surface area contributed by atoms with Gasteiger partial charge in [0.25, 0.3) is 0 Å². The number of aryl methyl sites for hydroxylation is 2. The molecule has 0 amide bonds. The zero-order valence-electron chi connectivity index (χ0n) is 11.0. The lowest BCUT2D eigenvalue weighted by molar-refractivity contribution is 0.0463. The van der Waals surface area contributed by atoms with Gasteiger partial charge < -0.3 is 10.5 Å². The van der Waals surface area contributed by atoms with Crippen LogP contribution in [0.4, 0.5) is 5.69 Å². The van der Waals surface area contributed by atoms with E-state index in [2.05, 4.69) is 21.0 Å². The Bertz CT molecular complexity index is 670. The van der Waals surface area contributed by atoms with Gasteiger partial charge in [-0.2, -0.15) is 5.10 Å². The Labute approximate surface area is 129 Å². The number of carbonyl (C=O) groups excluding carboxylic acids is 1. The van der Waals surface area contributed by atoms with Crippen LogP contribution < -0.4 is 5.73 Å². The molecule has 2 N–H and O–H groups in total. The second-order valence-electron chi connectivity index (χ2n) is 4.29. The molecule has 0 fully saturated rings. The highest BCUT2D eigenvalue weighted by molar-refractivity contribution is 9.10. The summed E-state index contributed by atoms with van der Waals surface area (Å²) in [4.78, 5) is 12.0. The molecule has 1 aromatic heterocycles. The fourth-order valence-corrected chi connectivity index (χ4v) is 2.46. The van der Waals surface area contributed by atoms with Crippen molar-refractivity contribution in [1.29, 1.82) is 0 Å². The molecule has 0 unspecified atom stereocenters. The maximum absolute atomic E-state index is 12.0. The van der Waals surface area contributed by atoms with Gasteiger partial charge in [-0.25, -0.2) is 4.79 Å². The van der Waals surface area contributed by atoms with Gasteiger partial charge in [0, 0.05) is 12.7 Å². The summed E-state index contributed by atoms with van der Waals surface area (Å²) < 4.78 is 7.75. The number of nitrogen functional groups attached to an aromatic ring is 1. The van der Waals surface area contributed by atoms with Crippen LogP contribution in [0.15, 0.2) is 22.7 Å². The largest absolute Gasteiger partial charge is 0.456 e. The summed E-state index contributed by atoms with van der Waals surface area (Å²) in [6.07, 6.45) is 0. The summed E-state index contributed by atoms with van der Waals surface area (Å²) in [6.45, 7) is 1.98. The number of nitrogens with zero attached hydrogens (tertiary/aromatic N) is 2. The molecule has 20 heavy (non-hydrogen) atoms. The van der Waals surface area contributed by atoms with E-state index < -0.39 is 5.97 Å². The van der Waals surface area contributed by atoms with Crippen molar-refractivity contribution in [3.8, 4) is 0 Å². The fourth-order valence-electron chi connectivity index (χ4n) is 1.75. The van der Waals surface area contributed by atoms with Crippen molar-refractivity contribution in [3.63, 3.8) is 0 Å². The van der Waals surface area contributed by atoms with Crippen molar-refractivity contribution in [2.75, 3.05) is 5.73 Å². The van der Waals surface area contributed by atoms with Crippen LogP contribution in [0, 0.1) is 6.92 Å². The minimum atomic E-state index is -0.499. The molecule has 5 nitrogen and oxygen atoms in total. The number of nitrogens with two attached hydrogens (primary N) is 1. The van der Waals surface area contributed by atoms with Crippen molar-refractivity contribution in [2.45, 2.75) is 13.5 Å². The Balaban J connectivity index is 2.12. The molecule has 0 radical (unpaired) electrons. The summed E-state index contributed by atoms with van der Waals surface area (Å²) in [6, 6.07) is 4.67. The summed E-state index contributed by atoms with van der Waals surface area (Å²) in [5.41, 5.74) is 7.98. The zero-order valence-corrected chi connectivity index (χ0v) is 13.3. The molecule has 7 heteroatoms. The maximum atomic E-state index is 12.0. The van der Waals surface area contributed by atoms with E-state index in [4.69, 9.17) is 22.1 Å². The van der Waals surface area contributed by atoms with E-state index in [9.17, 15) is 4.79 Å². The Hall–Kier alpha value is -1.53. The number of hydrogen-bond acceptors (Lipinski definition) is 4. The van der Waals surface area contributed by atoms with Gasteiger partial charge in [0.15, 0.2) is 0 Å². The molecule has 0 spiro atoms. The highest BCUT2D eigenvalue weighted by Crippen LogP contribution is 2.23. The first kappa shape index (κ1) is 14.9. The van der Waals surface area contributed by atoms with E-state index in [1.165, 1.54) is 6.07 Å². The van der Waals surface area contributed by atoms with Gasteiger partial charge in [-0.15, -0.1) is 0 Å². The number of benzene rings is 1. The van der Waals surface area contributed by atoms with Gasteiger partial charge in [-0.1, -0.05) is 11.6 Å². The standard InChI is InChI=1S/C13H13BrClN3O2/c1-7-12(14)11(18(2)17-7)6-20-13(19)9-4-3-8(16)5-10(9)15/h3-5H,6,16H2,1-2H3. The van der Waals surface area contributed by atoms with Crippen LogP contribution in [0.1, 0.15) is 21.7 Å². The van der Waals surface area contributed by atoms with Gasteiger partial charge in [0.2, 0.25) is 0 Å². The Morgan fingerprint density at radius 3 is 2.80 bits per heavy atom. The van der Waals surface area contributed by atoms with E-state index in [0.29, 0.717) is 5.69 Å². The smallest absolute Gasteiger partial charge is 0.340 e. The van der Waals surface area contributed by atoms with E-state index in [1.54, 1.807) is 23.9 Å². The molecule has 0 saturated heterocycles. The van der Waals surface area contributed by atoms with Crippen molar-refractivity contribution in [3.05, 3.63) is 44.6 Å². The van der Waals surface area contributed by atoms with Crippen LogP contribution in [-0.2, 0) is 18.4 Å². The molecular weight excluding hydrogens is 346 g/mol. The SMILES string of the molecule is Cc1nn(C)c(COC(=O)c2ccc(N)cc2Cl)c1Br. The van der Waals surface area contributed by atoms with Crippen LogP contribution >= 0.6 is 27.5 Å². The van der Waals surface area contributed by atoms with E-state index in [0.717, 1.165) is 15.9 Å². The quantitative estimate of drug-likeness (QED) is 0.676. The highest BCUT2D eigenvalue weighted by atomic mass is 79.9. The molecular formula is C13H13BrClN3O2. The van der Waals surface area contributed by atoms with Crippen molar-refractivity contribution in [2.24, 2.45) is 7.05 Å². The summed E-state index contributed by atoms with van der Waals surface area (Å²) in [5.74, 6) is -0.499. The summed E-state index contributed by atoms with van der Waals surface area (Å²) in [5, 5.41) is 4.50. The Morgan fingerprint density at radius 1 is 1.55 bits per heavy atom. The Kier molecular flexibility index (Phi) is 4.35. The van der Waals surface area contributed by atoms with E-state index >= 15 is 0 Å². The topological polar surface area (TPSA) is 70.1 Å². The number of aromatic nitrogens is 2. The third-order valence-electron chi connectivity index (χ3n) is 2.81. The zero-order chi connectivity index (χ0) is 14.9. The molecule has 106 valence electrons. The first-order valence-corrected chi connectivity index (χ1v) is 6.97. The number of hydrogen-bond donors (Lipinski definition) is 1. The molecule has 2 rings (SSSR count). The lowest BCUT2D eigenvalue weighted by Gasteiger charge is -2.07. The first-order valence-electron chi connectivity index (χ1n) is 5.80. The van der Waals surface area contributed by atoms with Crippen molar-refractivity contribution in [1.82, 2.24) is 9.78 Å². The molecule has 0 bridgehead atoms. The number of ether oxygens (including phenoxy) is 1. The number of halogens is 2. The second-order valence-corrected chi connectivity index (χ2v) is 5.49. The van der Waals surface area contributed by atoms with Crippen molar-refractivity contribution < 1.29 is 9.53 Å². The minimum Gasteiger partial charge on any atom is -0.456 e. The summed E-state index contributed by atoms with van der Waals surface area (Å²) in [7, 11) is 1.79. The monoisotopic (exact) mass is 357 g/mol. The molecule has 0 atom stereocenters. The van der Waals surface area contributed by atoms with Gasteiger partial charge >= 0.3 is 5.97 Å². The molecule has 0 aliphatic rings. The normalized spacial score (nSPS) is 10.6. The van der Waals surface area contributed by atoms with Gasteiger partial charge in [-0.3, -0.25) is 4.68 Å². The number of esters is 1. The van der Waals surface area contributed by atoms with Crippen LogP contribution in [0.5, 0.6) is 0 Å². The lowest BCUT2D eigenvalue weighted by atomic mass is 10.2. The third-order valence-corrected chi connectivity index (χ3v) is 4.16. The molecule has 0 aliphatic heterocycles. The van der Waals surface area contributed by atoms with Gasteiger partial charge in [0.1, 0.15) is 6.61 Å². The van der Waals surface area contributed by atoms with Crippen molar-refractivity contribution >= 4 is 39.2 Å². The lowest BCUT2D eigenvalue weighted by Crippen LogP contribution is -2.09. The molecule has 1 aromatic carbocycles. The summed E-state index contributed by atoms with van der Waals surface area (Å²) >= 11 is 9.38. The predicted octanol–water partition coefficient (Wildman–Crippen LogP) is 3.08. The van der Waals surface area contributed by atoms with E-state index in [-0.39, 0.29) is 17.2 Å². The van der Waals surface area contributed by atoms with Crippen LogP contribution in [-0.4, -0.2) is 15.7 Å². The van der Waals surface area contributed by atoms with Gasteiger partial charge in [0.05, 0.1) is 26.4 Å². The Morgan fingerprint density at radius 2 is 2.25 bits per heavy atom. The van der Waals surface area contributed by atoms with Crippen LogP contribution in [0.2, 0.25) is 5.02 Å². The maximum Gasteiger partial charge on any atom is 0.340 e. The molecule has 1 heterocycles. The average molecular weight is 359 g/mol. The average Bonchev–Trinajstić information content (AvgIpc) is 2.61. The predicted molar refractivity (Wildman–Crippen MR) is 80.6 cm³/mol. The fraction of sp³-hybridized carbons (Fsp3) is 0.231. The van der Waals surface area contributed by atoms with Crippen LogP contribution in [0.3, 0.4) is 0 Å². The molecule has 0 aliphatic carbocycles. The highest BCUT2D eigenvalue weighted by Gasteiger charge is 2.16. The third kappa shape index (κ3) is 2.96. The number of anilines is 1. The number of carbonyl (C=O) groups is 1. The molecule has 0 saturated carbocycles. The van der Waals surface area contributed by atoms with E-state index in [1.807, 2.05) is 6.92 Å². The second kappa shape index (κ2) is 5.85.